The summed E-state index contributed by atoms with van der Waals surface area (Å²) in [5.74, 6) is 1.94. The third-order valence-corrected chi connectivity index (χ3v) is 4.34. The van der Waals surface area contributed by atoms with Gasteiger partial charge in [-0.1, -0.05) is 12.8 Å². The van der Waals surface area contributed by atoms with E-state index in [-0.39, 0.29) is 5.54 Å². The van der Waals surface area contributed by atoms with Gasteiger partial charge in [0.05, 0.1) is 13.0 Å². The number of rotatable bonds is 3. The number of fused-ring (bicyclic) bond motifs is 1. The summed E-state index contributed by atoms with van der Waals surface area (Å²) < 4.78 is 7.46. The molecular weight excluding hydrogens is 262 g/mol. The second-order valence-electron chi connectivity index (χ2n) is 5.40. The number of ether oxygens (including phenoxy) is 1. The highest BCUT2D eigenvalue weighted by molar-refractivity contribution is 6.16. The van der Waals surface area contributed by atoms with Gasteiger partial charge in [-0.3, -0.25) is 0 Å². The zero-order valence-electron chi connectivity index (χ0n) is 11.3. The van der Waals surface area contributed by atoms with Crippen LogP contribution in [-0.2, 0) is 11.4 Å². The van der Waals surface area contributed by atoms with E-state index in [0.29, 0.717) is 11.8 Å². The molecule has 3 rings (SSSR count). The largest absolute Gasteiger partial charge is 0.481 e. The molecule has 0 aromatic carbocycles. The molecule has 0 spiro atoms. The Kier molecular flexibility index (Phi) is 3.13. The van der Waals surface area contributed by atoms with E-state index in [4.69, 9.17) is 16.3 Å². The molecule has 0 bridgehead atoms. The Morgan fingerprint density at radius 1 is 1.32 bits per heavy atom. The summed E-state index contributed by atoms with van der Waals surface area (Å²) in [6, 6.07) is 3.79. The monoisotopic (exact) mass is 279 g/mol. The van der Waals surface area contributed by atoms with Crippen LogP contribution in [0.15, 0.2) is 12.1 Å². The highest BCUT2D eigenvalue weighted by Crippen LogP contribution is 2.39. The number of alkyl halides is 1. The molecule has 2 aromatic rings. The van der Waals surface area contributed by atoms with Gasteiger partial charge in [0.2, 0.25) is 5.88 Å². The van der Waals surface area contributed by atoms with Crippen LogP contribution in [-0.4, -0.2) is 21.6 Å². The van der Waals surface area contributed by atoms with Crippen molar-refractivity contribution in [3.8, 4) is 5.88 Å². The van der Waals surface area contributed by atoms with Crippen molar-refractivity contribution >= 4 is 22.8 Å². The molecule has 0 amide bonds. The lowest BCUT2D eigenvalue weighted by Crippen LogP contribution is -2.28. The first kappa shape index (κ1) is 12.7. The van der Waals surface area contributed by atoms with Crippen molar-refractivity contribution in [3.63, 3.8) is 0 Å². The Balaban J connectivity index is 2.24. The van der Waals surface area contributed by atoms with Gasteiger partial charge in [-0.2, -0.15) is 4.98 Å². The van der Waals surface area contributed by atoms with Crippen LogP contribution >= 0.6 is 11.6 Å². The van der Waals surface area contributed by atoms with Crippen molar-refractivity contribution < 1.29 is 4.74 Å². The topological polar surface area (TPSA) is 39.9 Å². The number of aromatic nitrogens is 3. The fourth-order valence-electron chi connectivity index (χ4n) is 3.12. The molecule has 0 N–H and O–H groups in total. The molecule has 0 atom stereocenters. The van der Waals surface area contributed by atoms with Gasteiger partial charge in [-0.15, -0.1) is 11.6 Å². The standard InChI is InChI=1S/C14H18ClN3O/c1-14(7-3-4-8-14)18-11(9-15)16-10-5-6-12(19-2)17-13(10)18/h5-6H,3-4,7-9H2,1-2H3. The minimum atomic E-state index is 0.0817. The van der Waals surface area contributed by atoms with Crippen molar-refractivity contribution in [2.24, 2.45) is 0 Å². The van der Waals surface area contributed by atoms with Gasteiger partial charge in [-0.25, -0.2) is 4.98 Å². The van der Waals surface area contributed by atoms with Crippen LogP contribution in [0, 0.1) is 0 Å². The zero-order valence-corrected chi connectivity index (χ0v) is 12.1. The first-order valence-electron chi connectivity index (χ1n) is 6.67. The lowest BCUT2D eigenvalue weighted by atomic mass is 10.00. The molecular formula is C14H18ClN3O. The van der Waals surface area contributed by atoms with Gasteiger partial charge in [0.1, 0.15) is 11.3 Å². The number of nitrogens with zero attached hydrogens (tertiary/aromatic N) is 3. The third-order valence-electron chi connectivity index (χ3n) is 4.10. The summed E-state index contributed by atoms with van der Waals surface area (Å²) in [6.45, 7) is 2.28. The van der Waals surface area contributed by atoms with Crippen molar-refractivity contribution in [2.75, 3.05) is 7.11 Å². The summed E-state index contributed by atoms with van der Waals surface area (Å²) >= 11 is 6.08. The van der Waals surface area contributed by atoms with Gasteiger partial charge in [-0.05, 0) is 25.8 Å². The SMILES string of the molecule is COc1ccc2nc(CCl)n(C3(C)CCCC3)c2n1. The number of imidazole rings is 1. The Bertz CT molecular complexity index is 602. The summed E-state index contributed by atoms with van der Waals surface area (Å²) in [5, 5.41) is 0. The fourth-order valence-corrected chi connectivity index (χ4v) is 3.30. The molecule has 102 valence electrons. The van der Waals surface area contributed by atoms with E-state index < -0.39 is 0 Å². The van der Waals surface area contributed by atoms with Crippen LogP contribution in [0.3, 0.4) is 0 Å². The van der Waals surface area contributed by atoms with Crippen LogP contribution in [0.4, 0.5) is 0 Å². The first-order valence-corrected chi connectivity index (χ1v) is 7.20. The van der Waals surface area contributed by atoms with Crippen molar-refractivity contribution in [1.29, 1.82) is 0 Å². The van der Waals surface area contributed by atoms with Gasteiger partial charge >= 0.3 is 0 Å². The highest BCUT2D eigenvalue weighted by atomic mass is 35.5. The number of pyridine rings is 1. The molecule has 1 saturated carbocycles. The molecule has 1 aliphatic carbocycles. The maximum Gasteiger partial charge on any atom is 0.215 e. The maximum absolute atomic E-state index is 6.08. The molecule has 19 heavy (non-hydrogen) atoms. The first-order chi connectivity index (χ1) is 9.18. The maximum atomic E-state index is 6.08. The van der Waals surface area contributed by atoms with E-state index in [2.05, 4.69) is 21.5 Å². The van der Waals surface area contributed by atoms with Gasteiger partial charge in [0.15, 0.2) is 5.65 Å². The van der Waals surface area contributed by atoms with Crippen molar-refractivity contribution in [2.45, 2.75) is 44.0 Å². The molecule has 4 nitrogen and oxygen atoms in total. The molecule has 5 heteroatoms. The predicted molar refractivity (Wildman–Crippen MR) is 75.8 cm³/mol. The van der Waals surface area contributed by atoms with Crippen LogP contribution in [0.25, 0.3) is 11.2 Å². The van der Waals surface area contributed by atoms with E-state index >= 15 is 0 Å². The molecule has 1 aliphatic rings. The minimum Gasteiger partial charge on any atom is -0.481 e. The van der Waals surface area contributed by atoms with Crippen molar-refractivity contribution in [1.82, 2.24) is 14.5 Å². The average Bonchev–Trinajstić information content (AvgIpc) is 3.01. The third kappa shape index (κ3) is 1.98. The van der Waals surface area contributed by atoms with Crippen LogP contribution in [0.5, 0.6) is 5.88 Å². The Morgan fingerprint density at radius 2 is 2.05 bits per heavy atom. The zero-order chi connectivity index (χ0) is 13.5. The van der Waals surface area contributed by atoms with Gasteiger partial charge in [0, 0.05) is 11.6 Å². The molecule has 2 aromatic heterocycles. The molecule has 0 unspecified atom stereocenters. The molecule has 1 fully saturated rings. The number of halogens is 1. The number of hydrogen-bond donors (Lipinski definition) is 0. The minimum absolute atomic E-state index is 0.0817. The predicted octanol–water partition coefficient (Wildman–Crippen LogP) is 3.47. The molecule has 0 aliphatic heterocycles. The van der Waals surface area contributed by atoms with E-state index in [0.717, 1.165) is 29.8 Å². The van der Waals surface area contributed by atoms with Crippen LogP contribution in [0.1, 0.15) is 38.4 Å². The smallest absolute Gasteiger partial charge is 0.215 e. The van der Waals surface area contributed by atoms with E-state index in [1.807, 2.05) is 12.1 Å². The molecule has 0 saturated heterocycles. The Morgan fingerprint density at radius 3 is 2.68 bits per heavy atom. The second kappa shape index (κ2) is 4.67. The Labute approximate surface area is 117 Å². The van der Waals surface area contributed by atoms with Crippen LogP contribution < -0.4 is 4.74 Å². The lowest BCUT2D eigenvalue weighted by molar-refractivity contribution is 0.328. The van der Waals surface area contributed by atoms with Gasteiger partial charge in [0.25, 0.3) is 0 Å². The summed E-state index contributed by atoms with van der Waals surface area (Å²) in [6.07, 6.45) is 4.81. The van der Waals surface area contributed by atoms with Gasteiger partial charge < -0.3 is 9.30 Å². The highest BCUT2D eigenvalue weighted by Gasteiger charge is 2.34. The van der Waals surface area contributed by atoms with Crippen LogP contribution in [0.2, 0.25) is 0 Å². The van der Waals surface area contributed by atoms with Crippen molar-refractivity contribution in [3.05, 3.63) is 18.0 Å². The number of methoxy groups -OCH3 is 1. The van der Waals surface area contributed by atoms with E-state index in [1.165, 1.54) is 12.8 Å². The molecule has 0 radical (unpaired) electrons. The van der Waals surface area contributed by atoms with E-state index in [1.54, 1.807) is 7.11 Å². The average molecular weight is 280 g/mol. The number of hydrogen-bond acceptors (Lipinski definition) is 3. The molecule has 2 heterocycles. The summed E-state index contributed by atoms with van der Waals surface area (Å²) in [5.41, 5.74) is 1.86. The second-order valence-corrected chi connectivity index (χ2v) is 5.66. The summed E-state index contributed by atoms with van der Waals surface area (Å²) in [4.78, 5) is 9.18. The Hall–Kier alpha value is -1.29. The quantitative estimate of drug-likeness (QED) is 0.808. The summed E-state index contributed by atoms with van der Waals surface area (Å²) in [7, 11) is 1.63. The van der Waals surface area contributed by atoms with E-state index in [9.17, 15) is 0 Å². The lowest BCUT2D eigenvalue weighted by Gasteiger charge is -2.27. The normalized spacial score (nSPS) is 18.1. The fraction of sp³-hybridized carbons (Fsp3) is 0.571.